The molecule has 7 heteroatoms. The Kier molecular flexibility index (Phi) is 4.46. The number of aromatic hydroxyl groups is 1. The number of aliphatic hydroxyl groups excluding tert-OH is 1. The predicted octanol–water partition coefficient (Wildman–Crippen LogP) is 1.10. The van der Waals surface area contributed by atoms with E-state index >= 15 is 0 Å². The number of amides is 1. The fourth-order valence-corrected chi connectivity index (χ4v) is 2.49. The molecule has 22 heavy (non-hydrogen) atoms. The topological polar surface area (TPSA) is 92.0 Å². The Morgan fingerprint density at radius 1 is 1.41 bits per heavy atom. The lowest BCUT2D eigenvalue weighted by atomic mass is 10.0. The van der Waals surface area contributed by atoms with Crippen LogP contribution >= 0.6 is 0 Å². The summed E-state index contributed by atoms with van der Waals surface area (Å²) in [6.45, 7) is 5.84. The molecule has 1 aromatic heterocycles. The first kappa shape index (κ1) is 16.4. The third kappa shape index (κ3) is 3.79. The molecule has 0 spiro atoms. The summed E-state index contributed by atoms with van der Waals surface area (Å²) in [6, 6.07) is 2.08. The summed E-state index contributed by atoms with van der Waals surface area (Å²) in [6.07, 6.45) is 0.548. The molecule has 1 aromatic rings. The molecule has 2 atom stereocenters. The first-order valence-corrected chi connectivity index (χ1v) is 7.24. The van der Waals surface area contributed by atoms with Gasteiger partial charge in [-0.15, -0.1) is 0 Å². The molecular weight excluding hydrogens is 288 g/mol. The van der Waals surface area contributed by atoms with Crippen LogP contribution in [-0.2, 0) is 4.74 Å². The molecule has 2 rings (SSSR count). The first-order chi connectivity index (χ1) is 10.2. The standard InChI is InChI=1S/C15H22N2O5/c1-15(2,3)22-14(21)16-6-5-11(12(19)9-16)17-7-4-10(18)8-13(17)20/h4,7-8,11-12,18-19H,5-6,9H2,1-3H3. The molecule has 1 aliphatic rings. The van der Waals surface area contributed by atoms with Gasteiger partial charge in [-0.3, -0.25) is 4.79 Å². The molecule has 0 aromatic carbocycles. The van der Waals surface area contributed by atoms with Crippen molar-refractivity contribution >= 4 is 6.09 Å². The highest BCUT2D eigenvalue weighted by Gasteiger charge is 2.33. The van der Waals surface area contributed by atoms with Crippen molar-refractivity contribution in [1.82, 2.24) is 9.47 Å². The van der Waals surface area contributed by atoms with E-state index in [9.17, 15) is 19.8 Å². The second-order valence-electron chi connectivity index (χ2n) is 6.48. The Morgan fingerprint density at radius 2 is 2.09 bits per heavy atom. The van der Waals surface area contributed by atoms with E-state index in [1.807, 2.05) is 0 Å². The smallest absolute Gasteiger partial charge is 0.410 e. The van der Waals surface area contributed by atoms with Crippen LogP contribution in [0.5, 0.6) is 5.75 Å². The van der Waals surface area contributed by atoms with Crippen LogP contribution in [0.4, 0.5) is 4.79 Å². The average Bonchev–Trinajstić information content (AvgIpc) is 2.37. The average molecular weight is 310 g/mol. The maximum absolute atomic E-state index is 12.0. The first-order valence-electron chi connectivity index (χ1n) is 7.24. The number of hydrogen-bond donors (Lipinski definition) is 2. The zero-order chi connectivity index (χ0) is 16.5. The van der Waals surface area contributed by atoms with E-state index in [1.54, 1.807) is 20.8 Å². The summed E-state index contributed by atoms with van der Waals surface area (Å²) < 4.78 is 6.67. The van der Waals surface area contributed by atoms with E-state index in [-0.39, 0.29) is 17.9 Å². The summed E-state index contributed by atoms with van der Waals surface area (Å²) in [7, 11) is 0. The van der Waals surface area contributed by atoms with Crippen molar-refractivity contribution in [3.05, 3.63) is 28.7 Å². The molecule has 2 heterocycles. The summed E-state index contributed by atoms with van der Waals surface area (Å²) in [5, 5.41) is 19.5. The van der Waals surface area contributed by atoms with Crippen molar-refractivity contribution in [1.29, 1.82) is 0 Å². The fourth-order valence-electron chi connectivity index (χ4n) is 2.49. The number of nitrogens with zero attached hydrogens (tertiary/aromatic N) is 2. The second-order valence-corrected chi connectivity index (χ2v) is 6.48. The van der Waals surface area contributed by atoms with Crippen LogP contribution < -0.4 is 5.56 Å². The third-order valence-corrected chi connectivity index (χ3v) is 3.49. The number of piperidine rings is 1. The number of rotatable bonds is 1. The molecule has 1 amide bonds. The van der Waals surface area contributed by atoms with E-state index < -0.39 is 23.8 Å². The van der Waals surface area contributed by atoms with Crippen LogP contribution in [0.1, 0.15) is 33.2 Å². The van der Waals surface area contributed by atoms with E-state index in [0.29, 0.717) is 13.0 Å². The van der Waals surface area contributed by atoms with Crippen LogP contribution in [-0.4, -0.2) is 50.6 Å². The summed E-state index contributed by atoms with van der Waals surface area (Å²) in [5.41, 5.74) is -0.970. The van der Waals surface area contributed by atoms with Gasteiger partial charge in [-0.2, -0.15) is 0 Å². The van der Waals surface area contributed by atoms with Crippen molar-refractivity contribution in [3.63, 3.8) is 0 Å². The van der Waals surface area contributed by atoms with Gasteiger partial charge in [-0.05, 0) is 33.3 Å². The number of likely N-dealkylation sites (tertiary alicyclic amines) is 1. The van der Waals surface area contributed by atoms with Crippen LogP contribution in [0, 0.1) is 0 Å². The normalized spacial score (nSPS) is 22.5. The highest BCUT2D eigenvalue weighted by molar-refractivity contribution is 5.68. The molecule has 2 N–H and O–H groups in total. The van der Waals surface area contributed by atoms with Crippen molar-refractivity contribution < 1.29 is 19.7 Å². The number of hydrogen-bond acceptors (Lipinski definition) is 5. The molecule has 1 fully saturated rings. The van der Waals surface area contributed by atoms with Gasteiger partial charge in [0.05, 0.1) is 18.7 Å². The van der Waals surface area contributed by atoms with Gasteiger partial charge < -0.3 is 24.4 Å². The van der Waals surface area contributed by atoms with Gasteiger partial charge in [0, 0.05) is 18.8 Å². The molecule has 1 saturated heterocycles. The molecule has 122 valence electrons. The Morgan fingerprint density at radius 3 is 2.64 bits per heavy atom. The lowest BCUT2D eigenvalue weighted by Crippen LogP contribution is -2.49. The Bertz CT molecular complexity index is 605. The van der Waals surface area contributed by atoms with Crippen molar-refractivity contribution in [2.45, 2.75) is 44.9 Å². The predicted molar refractivity (Wildman–Crippen MR) is 79.8 cm³/mol. The quantitative estimate of drug-likeness (QED) is 0.810. The van der Waals surface area contributed by atoms with Gasteiger partial charge in [0.2, 0.25) is 0 Å². The van der Waals surface area contributed by atoms with Crippen molar-refractivity contribution in [3.8, 4) is 5.75 Å². The minimum absolute atomic E-state index is 0.104. The maximum atomic E-state index is 12.0. The number of carbonyl (C=O) groups excluding carboxylic acids is 1. The highest BCUT2D eigenvalue weighted by Crippen LogP contribution is 2.23. The molecular formula is C15H22N2O5. The number of aromatic nitrogens is 1. The number of carbonyl (C=O) groups is 1. The summed E-state index contributed by atoms with van der Waals surface area (Å²) in [4.78, 5) is 25.3. The third-order valence-electron chi connectivity index (χ3n) is 3.49. The monoisotopic (exact) mass is 310 g/mol. The molecule has 0 radical (unpaired) electrons. The van der Waals surface area contributed by atoms with Gasteiger partial charge >= 0.3 is 6.09 Å². The highest BCUT2D eigenvalue weighted by atomic mass is 16.6. The van der Waals surface area contributed by atoms with Crippen LogP contribution in [0.25, 0.3) is 0 Å². The lowest BCUT2D eigenvalue weighted by molar-refractivity contribution is -0.0105. The van der Waals surface area contributed by atoms with Gasteiger partial charge in [-0.1, -0.05) is 0 Å². The van der Waals surface area contributed by atoms with Crippen LogP contribution in [0.3, 0.4) is 0 Å². The van der Waals surface area contributed by atoms with E-state index in [0.717, 1.165) is 6.07 Å². The van der Waals surface area contributed by atoms with E-state index in [2.05, 4.69) is 0 Å². The van der Waals surface area contributed by atoms with Crippen LogP contribution in [0.2, 0.25) is 0 Å². The zero-order valence-electron chi connectivity index (χ0n) is 13.0. The van der Waals surface area contributed by atoms with Crippen molar-refractivity contribution in [2.75, 3.05) is 13.1 Å². The second kappa shape index (κ2) is 6.00. The number of pyridine rings is 1. The summed E-state index contributed by atoms with van der Waals surface area (Å²) in [5.74, 6) is -0.109. The summed E-state index contributed by atoms with van der Waals surface area (Å²) >= 11 is 0. The maximum Gasteiger partial charge on any atom is 0.410 e. The fraction of sp³-hybridized carbons (Fsp3) is 0.600. The molecule has 2 unspecified atom stereocenters. The number of ether oxygens (including phenoxy) is 1. The Hall–Kier alpha value is -2.02. The minimum atomic E-state index is -0.872. The van der Waals surface area contributed by atoms with E-state index in [4.69, 9.17) is 4.74 Å². The molecule has 0 aliphatic carbocycles. The SMILES string of the molecule is CC(C)(C)OC(=O)N1CCC(n2ccc(O)cc2=O)C(O)C1. The number of aliphatic hydroxyl groups is 1. The zero-order valence-corrected chi connectivity index (χ0v) is 13.0. The molecule has 0 bridgehead atoms. The molecule has 7 nitrogen and oxygen atoms in total. The van der Waals surface area contributed by atoms with Crippen LogP contribution in [0.15, 0.2) is 23.1 Å². The van der Waals surface area contributed by atoms with Gasteiger partial charge in [0.25, 0.3) is 5.56 Å². The number of β-amino-alcohol motifs (C(OH)–C–C–N with tert-alkyl or cyclic N) is 1. The largest absolute Gasteiger partial charge is 0.508 e. The minimum Gasteiger partial charge on any atom is -0.508 e. The van der Waals surface area contributed by atoms with Crippen molar-refractivity contribution in [2.24, 2.45) is 0 Å². The Labute approximate surface area is 128 Å². The van der Waals surface area contributed by atoms with Gasteiger partial charge in [0.1, 0.15) is 11.4 Å². The molecule has 0 saturated carbocycles. The lowest BCUT2D eigenvalue weighted by Gasteiger charge is -2.37. The molecule has 1 aliphatic heterocycles. The van der Waals surface area contributed by atoms with Gasteiger partial charge in [0.15, 0.2) is 0 Å². The van der Waals surface area contributed by atoms with Gasteiger partial charge in [-0.25, -0.2) is 4.79 Å². The Balaban J connectivity index is 2.07. The van der Waals surface area contributed by atoms with E-state index in [1.165, 1.54) is 21.7 Å².